The van der Waals surface area contributed by atoms with E-state index in [1.807, 2.05) is 6.07 Å². The van der Waals surface area contributed by atoms with Crippen molar-refractivity contribution >= 4 is 11.6 Å². The lowest BCUT2D eigenvalue weighted by Crippen LogP contribution is -2.31. The highest BCUT2D eigenvalue weighted by Crippen LogP contribution is 2.32. The number of nitrogens with one attached hydrogen (secondary N) is 2. The minimum Gasteiger partial charge on any atom is -0.370 e. The van der Waals surface area contributed by atoms with Crippen LogP contribution in [-0.2, 0) is 6.42 Å². The third kappa shape index (κ3) is 3.82. The van der Waals surface area contributed by atoms with Crippen LogP contribution in [0.15, 0.2) is 6.07 Å². The Labute approximate surface area is 116 Å². The number of nitrogens with zero attached hydrogens (tertiary/aromatic N) is 2. The highest BCUT2D eigenvalue weighted by molar-refractivity contribution is 5.49. The Balaban J connectivity index is 2.17. The fourth-order valence-corrected chi connectivity index (χ4v) is 2.76. The maximum atomic E-state index is 4.65. The molecule has 4 heteroatoms. The molecule has 0 aromatic carbocycles. The van der Waals surface area contributed by atoms with Gasteiger partial charge in [0.15, 0.2) is 0 Å². The molecule has 1 aromatic rings. The molecule has 2 rings (SSSR count). The van der Waals surface area contributed by atoms with Crippen molar-refractivity contribution in [2.75, 3.05) is 17.2 Å². The minimum atomic E-state index is 0.210. The van der Waals surface area contributed by atoms with Crippen molar-refractivity contribution < 1.29 is 0 Å². The van der Waals surface area contributed by atoms with E-state index in [4.69, 9.17) is 0 Å². The molecule has 1 aliphatic rings. The zero-order valence-electron chi connectivity index (χ0n) is 12.4. The van der Waals surface area contributed by atoms with Gasteiger partial charge in [-0.05, 0) is 33.1 Å². The summed E-state index contributed by atoms with van der Waals surface area (Å²) in [5, 5.41) is 6.92. The summed E-state index contributed by atoms with van der Waals surface area (Å²) in [7, 11) is 0. The van der Waals surface area contributed by atoms with Crippen molar-refractivity contribution in [1.29, 1.82) is 0 Å². The fourth-order valence-electron chi connectivity index (χ4n) is 2.76. The molecular weight excluding hydrogens is 236 g/mol. The number of aromatic nitrogens is 2. The lowest BCUT2D eigenvalue weighted by Gasteiger charge is -2.26. The van der Waals surface area contributed by atoms with Crippen LogP contribution >= 0.6 is 0 Å². The van der Waals surface area contributed by atoms with E-state index in [1.54, 1.807) is 0 Å². The molecule has 1 heterocycles. The molecule has 0 unspecified atom stereocenters. The SMILES string of the molecule is CCCc1nc(NCC)cc(NC2(C)CCCC2)n1. The van der Waals surface area contributed by atoms with Crippen molar-refractivity contribution in [2.24, 2.45) is 0 Å². The molecular formula is C15H26N4. The molecule has 1 aliphatic carbocycles. The maximum Gasteiger partial charge on any atom is 0.133 e. The van der Waals surface area contributed by atoms with Gasteiger partial charge >= 0.3 is 0 Å². The molecule has 0 aliphatic heterocycles. The van der Waals surface area contributed by atoms with E-state index in [-0.39, 0.29) is 5.54 Å². The van der Waals surface area contributed by atoms with E-state index in [0.717, 1.165) is 36.8 Å². The molecule has 1 aromatic heterocycles. The van der Waals surface area contributed by atoms with Crippen LogP contribution in [0.3, 0.4) is 0 Å². The normalized spacial score (nSPS) is 17.4. The van der Waals surface area contributed by atoms with E-state index in [0.29, 0.717) is 0 Å². The van der Waals surface area contributed by atoms with E-state index < -0.39 is 0 Å². The van der Waals surface area contributed by atoms with Crippen LogP contribution in [-0.4, -0.2) is 22.1 Å². The van der Waals surface area contributed by atoms with Crippen molar-refractivity contribution in [2.45, 2.75) is 64.8 Å². The van der Waals surface area contributed by atoms with Gasteiger partial charge in [0, 0.05) is 24.6 Å². The van der Waals surface area contributed by atoms with Crippen LogP contribution in [0.2, 0.25) is 0 Å². The second-order valence-electron chi connectivity index (χ2n) is 5.73. The molecule has 1 fully saturated rings. The zero-order chi connectivity index (χ0) is 13.7. The number of rotatable bonds is 6. The Hall–Kier alpha value is -1.32. The van der Waals surface area contributed by atoms with Gasteiger partial charge in [-0.1, -0.05) is 19.8 Å². The standard InChI is InChI=1S/C15H26N4/c1-4-8-12-17-13(16-5-2)11-14(18-12)19-15(3)9-6-7-10-15/h11H,4-10H2,1-3H3,(H2,16,17,18,19). The average Bonchev–Trinajstić information content (AvgIpc) is 2.76. The van der Waals surface area contributed by atoms with Gasteiger partial charge in [0.25, 0.3) is 0 Å². The van der Waals surface area contributed by atoms with Gasteiger partial charge in [0.05, 0.1) is 0 Å². The third-order valence-corrected chi connectivity index (χ3v) is 3.74. The summed E-state index contributed by atoms with van der Waals surface area (Å²) in [6.45, 7) is 7.44. The molecule has 1 saturated carbocycles. The molecule has 0 amide bonds. The Bertz CT molecular complexity index is 386. The Morgan fingerprint density at radius 1 is 1.16 bits per heavy atom. The van der Waals surface area contributed by atoms with E-state index >= 15 is 0 Å². The molecule has 0 saturated heterocycles. The van der Waals surface area contributed by atoms with Crippen LogP contribution in [0.25, 0.3) is 0 Å². The van der Waals surface area contributed by atoms with Gasteiger partial charge in [-0.2, -0.15) is 0 Å². The van der Waals surface area contributed by atoms with E-state index in [1.165, 1.54) is 25.7 Å². The highest BCUT2D eigenvalue weighted by atomic mass is 15.1. The number of aryl methyl sites for hydroxylation is 1. The lowest BCUT2D eigenvalue weighted by molar-refractivity contribution is 0.530. The minimum absolute atomic E-state index is 0.210. The molecule has 4 nitrogen and oxygen atoms in total. The quantitative estimate of drug-likeness (QED) is 0.822. The predicted molar refractivity (Wildman–Crippen MR) is 80.7 cm³/mol. The lowest BCUT2D eigenvalue weighted by atomic mass is 10.0. The Morgan fingerprint density at radius 3 is 2.47 bits per heavy atom. The van der Waals surface area contributed by atoms with Crippen molar-refractivity contribution in [3.05, 3.63) is 11.9 Å². The van der Waals surface area contributed by atoms with Gasteiger partial charge in [0.1, 0.15) is 17.5 Å². The van der Waals surface area contributed by atoms with Crippen LogP contribution in [0.1, 0.15) is 58.7 Å². The molecule has 0 atom stereocenters. The van der Waals surface area contributed by atoms with Gasteiger partial charge < -0.3 is 10.6 Å². The van der Waals surface area contributed by atoms with Crippen molar-refractivity contribution in [3.8, 4) is 0 Å². The second-order valence-corrected chi connectivity index (χ2v) is 5.73. The topological polar surface area (TPSA) is 49.8 Å². The molecule has 2 N–H and O–H groups in total. The third-order valence-electron chi connectivity index (χ3n) is 3.74. The fraction of sp³-hybridized carbons (Fsp3) is 0.733. The Morgan fingerprint density at radius 2 is 1.84 bits per heavy atom. The first-order valence-electron chi connectivity index (χ1n) is 7.55. The van der Waals surface area contributed by atoms with Gasteiger partial charge in [0.2, 0.25) is 0 Å². The van der Waals surface area contributed by atoms with Gasteiger partial charge in [-0.3, -0.25) is 0 Å². The maximum absolute atomic E-state index is 4.65. The monoisotopic (exact) mass is 262 g/mol. The molecule has 0 spiro atoms. The van der Waals surface area contributed by atoms with Crippen molar-refractivity contribution in [1.82, 2.24) is 9.97 Å². The summed E-state index contributed by atoms with van der Waals surface area (Å²) in [6, 6.07) is 2.03. The van der Waals surface area contributed by atoms with Gasteiger partial charge in [-0.25, -0.2) is 9.97 Å². The first-order valence-corrected chi connectivity index (χ1v) is 7.55. The average molecular weight is 262 g/mol. The summed E-state index contributed by atoms with van der Waals surface area (Å²) in [5.74, 6) is 2.84. The smallest absolute Gasteiger partial charge is 0.133 e. The summed E-state index contributed by atoms with van der Waals surface area (Å²) in [4.78, 5) is 9.20. The zero-order valence-corrected chi connectivity index (χ0v) is 12.4. The first kappa shape index (κ1) is 14.1. The van der Waals surface area contributed by atoms with Crippen LogP contribution in [0, 0.1) is 0 Å². The van der Waals surface area contributed by atoms with E-state index in [9.17, 15) is 0 Å². The summed E-state index contributed by atoms with van der Waals surface area (Å²) in [5.41, 5.74) is 0.210. The summed E-state index contributed by atoms with van der Waals surface area (Å²) < 4.78 is 0. The molecule has 0 bridgehead atoms. The largest absolute Gasteiger partial charge is 0.370 e. The number of anilines is 2. The van der Waals surface area contributed by atoms with Crippen LogP contribution in [0.5, 0.6) is 0 Å². The summed E-state index contributed by atoms with van der Waals surface area (Å²) >= 11 is 0. The molecule has 0 radical (unpaired) electrons. The van der Waals surface area contributed by atoms with Crippen molar-refractivity contribution in [3.63, 3.8) is 0 Å². The predicted octanol–water partition coefficient (Wildman–Crippen LogP) is 3.61. The molecule has 106 valence electrons. The van der Waals surface area contributed by atoms with E-state index in [2.05, 4.69) is 41.4 Å². The second kappa shape index (κ2) is 6.22. The highest BCUT2D eigenvalue weighted by Gasteiger charge is 2.28. The van der Waals surface area contributed by atoms with Crippen LogP contribution in [0.4, 0.5) is 11.6 Å². The Kier molecular flexibility index (Phi) is 4.61. The van der Waals surface area contributed by atoms with Gasteiger partial charge in [-0.15, -0.1) is 0 Å². The molecule has 19 heavy (non-hydrogen) atoms. The first-order chi connectivity index (χ1) is 9.15. The number of hydrogen-bond donors (Lipinski definition) is 2. The summed E-state index contributed by atoms with van der Waals surface area (Å²) in [6.07, 6.45) is 7.11. The number of hydrogen-bond acceptors (Lipinski definition) is 4. The van der Waals surface area contributed by atoms with Crippen LogP contribution < -0.4 is 10.6 Å².